The van der Waals surface area contributed by atoms with E-state index in [0.29, 0.717) is 18.7 Å². The fraction of sp³-hybridized carbons (Fsp3) is 0.500. The van der Waals surface area contributed by atoms with Gasteiger partial charge in [0.25, 0.3) is 5.69 Å². The molecule has 0 saturated carbocycles. The van der Waals surface area contributed by atoms with E-state index in [2.05, 4.69) is 10.6 Å². The Labute approximate surface area is 123 Å². The molecule has 0 radical (unpaired) electrons. The highest BCUT2D eigenvalue weighted by Crippen LogP contribution is 2.17. The molecule has 0 aromatic heterocycles. The summed E-state index contributed by atoms with van der Waals surface area (Å²) in [5.41, 5.74) is 0.348. The van der Waals surface area contributed by atoms with E-state index in [4.69, 9.17) is 5.11 Å². The van der Waals surface area contributed by atoms with E-state index in [1.807, 2.05) is 6.92 Å². The summed E-state index contributed by atoms with van der Waals surface area (Å²) in [7, 11) is 0. The van der Waals surface area contributed by atoms with Crippen LogP contribution in [0.3, 0.4) is 0 Å². The molecule has 0 aliphatic carbocycles. The van der Waals surface area contributed by atoms with Gasteiger partial charge in [0.1, 0.15) is 0 Å². The van der Waals surface area contributed by atoms with Crippen molar-refractivity contribution in [3.8, 4) is 0 Å². The lowest BCUT2D eigenvalue weighted by Crippen LogP contribution is -2.32. The average molecular weight is 295 g/mol. The molecule has 2 unspecified atom stereocenters. The zero-order valence-electron chi connectivity index (χ0n) is 12.2. The van der Waals surface area contributed by atoms with Crippen LogP contribution in [-0.2, 0) is 4.79 Å². The van der Waals surface area contributed by atoms with Gasteiger partial charge in [-0.25, -0.2) is 0 Å². The SMILES string of the molecule is CC(O)CCNC(C)CC(=O)Nc1cccc([N+](=O)[O-])c1. The van der Waals surface area contributed by atoms with Gasteiger partial charge in [0.15, 0.2) is 0 Å². The number of carbonyl (C=O) groups excluding carboxylic acids is 1. The largest absolute Gasteiger partial charge is 0.393 e. The molecule has 7 heteroatoms. The molecule has 3 N–H and O–H groups in total. The number of rotatable bonds is 8. The van der Waals surface area contributed by atoms with Crippen LogP contribution in [0.25, 0.3) is 0 Å². The van der Waals surface area contributed by atoms with Crippen LogP contribution in [0.15, 0.2) is 24.3 Å². The minimum atomic E-state index is -0.504. The van der Waals surface area contributed by atoms with Gasteiger partial charge in [0.2, 0.25) is 5.91 Å². The van der Waals surface area contributed by atoms with Crippen LogP contribution in [0.4, 0.5) is 11.4 Å². The van der Waals surface area contributed by atoms with Gasteiger partial charge in [0, 0.05) is 30.3 Å². The maximum absolute atomic E-state index is 11.8. The number of benzene rings is 1. The van der Waals surface area contributed by atoms with E-state index in [9.17, 15) is 14.9 Å². The first-order valence-electron chi connectivity index (χ1n) is 6.84. The first-order valence-corrected chi connectivity index (χ1v) is 6.84. The van der Waals surface area contributed by atoms with Crippen molar-refractivity contribution < 1.29 is 14.8 Å². The Kier molecular flexibility index (Phi) is 6.77. The Morgan fingerprint density at radius 3 is 2.76 bits per heavy atom. The second-order valence-electron chi connectivity index (χ2n) is 5.05. The number of non-ortho nitro benzene ring substituents is 1. The molecule has 116 valence electrons. The number of nitrogens with one attached hydrogen (secondary N) is 2. The second kappa shape index (κ2) is 8.33. The molecule has 21 heavy (non-hydrogen) atoms. The zero-order chi connectivity index (χ0) is 15.8. The molecule has 2 atom stereocenters. The fourth-order valence-corrected chi connectivity index (χ4v) is 1.80. The maximum Gasteiger partial charge on any atom is 0.271 e. The predicted octanol–water partition coefficient (Wildman–Crippen LogP) is 1.67. The molecule has 1 aromatic rings. The molecule has 1 rings (SSSR count). The van der Waals surface area contributed by atoms with Gasteiger partial charge in [-0.2, -0.15) is 0 Å². The van der Waals surface area contributed by atoms with Crippen molar-refractivity contribution in [2.75, 3.05) is 11.9 Å². The van der Waals surface area contributed by atoms with Crippen LogP contribution in [0, 0.1) is 10.1 Å². The van der Waals surface area contributed by atoms with E-state index < -0.39 is 4.92 Å². The van der Waals surface area contributed by atoms with Crippen molar-refractivity contribution in [2.24, 2.45) is 0 Å². The highest BCUT2D eigenvalue weighted by Gasteiger charge is 2.11. The third-order valence-corrected chi connectivity index (χ3v) is 2.89. The summed E-state index contributed by atoms with van der Waals surface area (Å²) in [4.78, 5) is 22.0. The van der Waals surface area contributed by atoms with E-state index in [1.54, 1.807) is 13.0 Å². The summed E-state index contributed by atoms with van der Waals surface area (Å²) in [6.45, 7) is 4.21. The predicted molar refractivity (Wildman–Crippen MR) is 80.1 cm³/mol. The minimum absolute atomic E-state index is 0.0394. The van der Waals surface area contributed by atoms with Gasteiger partial charge >= 0.3 is 0 Å². The first-order chi connectivity index (χ1) is 9.88. The van der Waals surface area contributed by atoms with Crippen molar-refractivity contribution in [3.63, 3.8) is 0 Å². The Morgan fingerprint density at radius 1 is 1.43 bits per heavy atom. The standard InChI is InChI=1S/C14H21N3O4/c1-10(15-7-6-11(2)18)8-14(19)16-12-4-3-5-13(9-12)17(20)21/h3-5,9-11,15,18H,6-8H2,1-2H3,(H,16,19). The van der Waals surface area contributed by atoms with Crippen LogP contribution >= 0.6 is 0 Å². The van der Waals surface area contributed by atoms with Gasteiger partial charge < -0.3 is 15.7 Å². The topological polar surface area (TPSA) is 104 Å². The van der Waals surface area contributed by atoms with Gasteiger partial charge in [0.05, 0.1) is 11.0 Å². The summed E-state index contributed by atoms with van der Waals surface area (Å²) < 4.78 is 0. The molecule has 0 heterocycles. The number of anilines is 1. The van der Waals surface area contributed by atoms with Crippen LogP contribution in [-0.4, -0.2) is 34.6 Å². The summed E-state index contributed by atoms with van der Waals surface area (Å²) in [6.07, 6.45) is 0.502. The summed E-state index contributed by atoms with van der Waals surface area (Å²) in [5.74, 6) is -0.215. The zero-order valence-corrected chi connectivity index (χ0v) is 12.2. The number of nitrogens with zero attached hydrogens (tertiary/aromatic N) is 1. The van der Waals surface area contributed by atoms with E-state index in [-0.39, 0.29) is 30.2 Å². The molecular weight excluding hydrogens is 274 g/mol. The van der Waals surface area contributed by atoms with Gasteiger partial charge in [-0.3, -0.25) is 14.9 Å². The number of hydrogen-bond acceptors (Lipinski definition) is 5. The Balaban J connectivity index is 2.42. The number of hydrogen-bond donors (Lipinski definition) is 3. The highest BCUT2D eigenvalue weighted by molar-refractivity contribution is 5.91. The maximum atomic E-state index is 11.8. The van der Waals surface area contributed by atoms with Crippen molar-refractivity contribution in [1.29, 1.82) is 0 Å². The number of nitro groups is 1. The smallest absolute Gasteiger partial charge is 0.271 e. The van der Waals surface area contributed by atoms with Crippen LogP contribution in [0.2, 0.25) is 0 Å². The highest BCUT2D eigenvalue weighted by atomic mass is 16.6. The Bertz CT molecular complexity index is 491. The molecule has 0 bridgehead atoms. The number of nitro benzene ring substituents is 1. The third kappa shape index (κ3) is 6.82. The Morgan fingerprint density at radius 2 is 2.14 bits per heavy atom. The third-order valence-electron chi connectivity index (χ3n) is 2.89. The molecular formula is C14H21N3O4. The molecule has 0 fully saturated rings. The van der Waals surface area contributed by atoms with E-state index >= 15 is 0 Å². The lowest BCUT2D eigenvalue weighted by Gasteiger charge is -2.14. The van der Waals surface area contributed by atoms with Gasteiger partial charge in [-0.1, -0.05) is 6.07 Å². The van der Waals surface area contributed by atoms with Crippen molar-refractivity contribution in [3.05, 3.63) is 34.4 Å². The molecule has 0 saturated heterocycles. The first kappa shape index (κ1) is 17.1. The van der Waals surface area contributed by atoms with Crippen molar-refractivity contribution in [2.45, 2.75) is 38.8 Å². The minimum Gasteiger partial charge on any atom is -0.393 e. The molecule has 0 aliphatic rings. The van der Waals surface area contributed by atoms with Crippen LogP contribution < -0.4 is 10.6 Å². The van der Waals surface area contributed by atoms with Crippen LogP contribution in [0.1, 0.15) is 26.7 Å². The van der Waals surface area contributed by atoms with E-state index in [1.165, 1.54) is 18.2 Å². The lowest BCUT2D eigenvalue weighted by atomic mass is 10.2. The molecule has 0 aliphatic heterocycles. The molecule has 1 amide bonds. The summed E-state index contributed by atoms with van der Waals surface area (Å²) >= 11 is 0. The quantitative estimate of drug-likeness (QED) is 0.500. The number of aliphatic hydroxyl groups excluding tert-OH is 1. The summed E-state index contributed by atoms with van der Waals surface area (Å²) in [6, 6.07) is 5.79. The Hall–Kier alpha value is -1.99. The number of amides is 1. The molecule has 1 aromatic carbocycles. The van der Waals surface area contributed by atoms with Crippen molar-refractivity contribution in [1.82, 2.24) is 5.32 Å². The van der Waals surface area contributed by atoms with Crippen LogP contribution in [0.5, 0.6) is 0 Å². The second-order valence-corrected chi connectivity index (χ2v) is 5.05. The van der Waals surface area contributed by atoms with Gasteiger partial charge in [-0.15, -0.1) is 0 Å². The monoisotopic (exact) mass is 295 g/mol. The summed E-state index contributed by atoms with van der Waals surface area (Å²) in [5, 5.41) is 25.6. The number of aliphatic hydroxyl groups is 1. The van der Waals surface area contributed by atoms with Gasteiger partial charge in [-0.05, 0) is 32.9 Å². The van der Waals surface area contributed by atoms with Crippen molar-refractivity contribution >= 4 is 17.3 Å². The van der Waals surface area contributed by atoms with E-state index in [0.717, 1.165) is 0 Å². The number of carbonyl (C=O) groups is 1. The normalized spacial score (nSPS) is 13.5. The molecule has 0 spiro atoms. The average Bonchev–Trinajstić information content (AvgIpc) is 2.38. The molecule has 7 nitrogen and oxygen atoms in total. The fourth-order valence-electron chi connectivity index (χ4n) is 1.80. The lowest BCUT2D eigenvalue weighted by molar-refractivity contribution is -0.384.